The van der Waals surface area contributed by atoms with E-state index in [1.54, 1.807) is 0 Å². The zero-order chi connectivity index (χ0) is 19.2. The molecule has 0 bridgehead atoms. The van der Waals surface area contributed by atoms with Crippen molar-refractivity contribution >= 4 is 11.8 Å². The molecule has 2 amide bonds. The van der Waals surface area contributed by atoms with Crippen molar-refractivity contribution in [2.24, 2.45) is 5.92 Å². The minimum atomic E-state index is -0.0364. The molecule has 2 aliphatic rings. The molecule has 1 aliphatic heterocycles. The molecule has 1 saturated heterocycles. The normalized spacial score (nSPS) is 21.1. The fourth-order valence-electron chi connectivity index (χ4n) is 4.51. The van der Waals surface area contributed by atoms with Crippen LogP contribution in [0.5, 0.6) is 0 Å². The third-order valence-corrected chi connectivity index (χ3v) is 6.20. The molecule has 3 rings (SSSR count). The lowest BCUT2D eigenvalue weighted by molar-refractivity contribution is -0.136. The van der Waals surface area contributed by atoms with Crippen molar-refractivity contribution in [1.82, 2.24) is 10.2 Å². The van der Waals surface area contributed by atoms with Gasteiger partial charge in [-0.2, -0.15) is 0 Å². The van der Waals surface area contributed by atoms with E-state index in [0.29, 0.717) is 19.0 Å². The first-order chi connectivity index (χ1) is 13.0. The zero-order valence-electron chi connectivity index (χ0n) is 16.9. The summed E-state index contributed by atoms with van der Waals surface area (Å²) in [7, 11) is 0. The number of piperidine rings is 1. The predicted octanol–water partition coefficient (Wildman–Crippen LogP) is 3.92. The summed E-state index contributed by atoms with van der Waals surface area (Å²) in [4.78, 5) is 27.3. The second-order valence-electron chi connectivity index (χ2n) is 8.45. The average molecular weight is 371 g/mol. The molecule has 27 heavy (non-hydrogen) atoms. The van der Waals surface area contributed by atoms with E-state index in [0.717, 1.165) is 38.6 Å². The molecule has 4 heteroatoms. The SMILES string of the molecule is Cc1ccc(CCC(=O)N2CCCC(C(=O)NC3CCCCC3)C2)c(C)c1. The topological polar surface area (TPSA) is 49.4 Å². The molecule has 1 aromatic carbocycles. The summed E-state index contributed by atoms with van der Waals surface area (Å²) >= 11 is 0. The number of nitrogens with one attached hydrogen (secondary N) is 1. The summed E-state index contributed by atoms with van der Waals surface area (Å²) in [5.41, 5.74) is 3.76. The number of benzene rings is 1. The molecule has 1 saturated carbocycles. The van der Waals surface area contributed by atoms with Gasteiger partial charge in [-0.25, -0.2) is 0 Å². The zero-order valence-corrected chi connectivity index (χ0v) is 16.9. The first-order valence-corrected chi connectivity index (χ1v) is 10.7. The van der Waals surface area contributed by atoms with Crippen molar-refractivity contribution in [1.29, 1.82) is 0 Å². The third kappa shape index (κ3) is 5.57. The number of hydrogen-bond donors (Lipinski definition) is 1. The second kappa shape index (κ2) is 9.38. The van der Waals surface area contributed by atoms with Gasteiger partial charge in [0.25, 0.3) is 0 Å². The van der Waals surface area contributed by atoms with E-state index in [2.05, 4.69) is 37.4 Å². The first kappa shape index (κ1) is 19.9. The molecule has 1 unspecified atom stereocenters. The molecule has 1 aromatic rings. The van der Waals surface area contributed by atoms with Gasteiger partial charge >= 0.3 is 0 Å². The highest BCUT2D eigenvalue weighted by Gasteiger charge is 2.29. The van der Waals surface area contributed by atoms with Crippen LogP contribution in [0.15, 0.2) is 18.2 Å². The van der Waals surface area contributed by atoms with Crippen LogP contribution in [0.3, 0.4) is 0 Å². The molecule has 4 nitrogen and oxygen atoms in total. The van der Waals surface area contributed by atoms with Crippen LogP contribution in [-0.2, 0) is 16.0 Å². The Morgan fingerprint density at radius 3 is 2.59 bits per heavy atom. The molecule has 1 atom stereocenters. The lowest BCUT2D eigenvalue weighted by atomic mass is 9.92. The summed E-state index contributed by atoms with van der Waals surface area (Å²) < 4.78 is 0. The first-order valence-electron chi connectivity index (χ1n) is 10.7. The van der Waals surface area contributed by atoms with Crippen molar-refractivity contribution in [2.75, 3.05) is 13.1 Å². The second-order valence-corrected chi connectivity index (χ2v) is 8.45. The lowest BCUT2D eigenvalue weighted by Gasteiger charge is -2.33. The largest absolute Gasteiger partial charge is 0.353 e. The molecule has 0 aromatic heterocycles. The molecular formula is C23H34N2O2. The monoisotopic (exact) mass is 370 g/mol. The van der Waals surface area contributed by atoms with Crippen LogP contribution in [0.2, 0.25) is 0 Å². The number of aryl methyl sites for hydroxylation is 3. The van der Waals surface area contributed by atoms with E-state index >= 15 is 0 Å². The lowest BCUT2D eigenvalue weighted by Crippen LogP contribution is -2.48. The Hall–Kier alpha value is -1.84. The van der Waals surface area contributed by atoms with Crippen LogP contribution in [-0.4, -0.2) is 35.8 Å². The molecule has 2 fully saturated rings. The Morgan fingerprint density at radius 2 is 1.85 bits per heavy atom. The highest BCUT2D eigenvalue weighted by Crippen LogP contribution is 2.22. The quantitative estimate of drug-likeness (QED) is 0.854. The van der Waals surface area contributed by atoms with Crippen LogP contribution in [0, 0.1) is 19.8 Å². The summed E-state index contributed by atoms with van der Waals surface area (Å²) in [5, 5.41) is 3.24. The minimum Gasteiger partial charge on any atom is -0.353 e. The summed E-state index contributed by atoms with van der Waals surface area (Å²) in [6.07, 6.45) is 9.09. The Labute approximate surface area is 163 Å². The molecule has 148 valence electrons. The number of amides is 2. The van der Waals surface area contributed by atoms with Crippen molar-refractivity contribution in [3.8, 4) is 0 Å². The highest BCUT2D eigenvalue weighted by atomic mass is 16.2. The number of rotatable bonds is 5. The van der Waals surface area contributed by atoms with Crippen molar-refractivity contribution in [3.63, 3.8) is 0 Å². The van der Waals surface area contributed by atoms with Gasteiger partial charge in [-0.05, 0) is 57.1 Å². The molecule has 0 spiro atoms. The fourth-order valence-corrected chi connectivity index (χ4v) is 4.51. The van der Waals surface area contributed by atoms with Crippen LogP contribution in [0.4, 0.5) is 0 Å². The van der Waals surface area contributed by atoms with Gasteiger partial charge in [-0.15, -0.1) is 0 Å². The average Bonchev–Trinajstić information content (AvgIpc) is 2.68. The van der Waals surface area contributed by atoms with Crippen LogP contribution in [0.25, 0.3) is 0 Å². The molecule has 1 heterocycles. The molecule has 0 radical (unpaired) electrons. The van der Waals surface area contributed by atoms with Gasteiger partial charge in [0.15, 0.2) is 0 Å². The summed E-state index contributed by atoms with van der Waals surface area (Å²) in [6.45, 7) is 5.58. The maximum atomic E-state index is 12.7. The third-order valence-electron chi connectivity index (χ3n) is 6.20. The van der Waals surface area contributed by atoms with E-state index in [9.17, 15) is 9.59 Å². The highest BCUT2D eigenvalue weighted by molar-refractivity contribution is 5.81. The van der Waals surface area contributed by atoms with Gasteiger partial charge < -0.3 is 10.2 Å². The Balaban J connectivity index is 1.49. The Morgan fingerprint density at radius 1 is 1.07 bits per heavy atom. The van der Waals surface area contributed by atoms with E-state index in [1.165, 1.54) is 36.0 Å². The van der Waals surface area contributed by atoms with Gasteiger partial charge in [-0.1, -0.05) is 43.0 Å². The van der Waals surface area contributed by atoms with Gasteiger partial charge in [0, 0.05) is 25.6 Å². The Kier molecular flexibility index (Phi) is 6.92. The van der Waals surface area contributed by atoms with E-state index < -0.39 is 0 Å². The van der Waals surface area contributed by atoms with Gasteiger partial charge in [0.2, 0.25) is 11.8 Å². The fraction of sp³-hybridized carbons (Fsp3) is 0.652. The van der Waals surface area contributed by atoms with Gasteiger partial charge in [-0.3, -0.25) is 9.59 Å². The van der Waals surface area contributed by atoms with Crippen LogP contribution < -0.4 is 5.32 Å². The predicted molar refractivity (Wildman–Crippen MR) is 109 cm³/mol. The minimum absolute atomic E-state index is 0.0364. The van der Waals surface area contributed by atoms with Crippen molar-refractivity contribution in [2.45, 2.75) is 77.7 Å². The maximum absolute atomic E-state index is 12.7. The number of nitrogens with zero attached hydrogens (tertiary/aromatic N) is 1. The van der Waals surface area contributed by atoms with Crippen molar-refractivity contribution in [3.05, 3.63) is 34.9 Å². The van der Waals surface area contributed by atoms with Gasteiger partial charge in [0.1, 0.15) is 0 Å². The maximum Gasteiger partial charge on any atom is 0.225 e. The van der Waals surface area contributed by atoms with Gasteiger partial charge in [0.05, 0.1) is 5.92 Å². The van der Waals surface area contributed by atoms with E-state index in [4.69, 9.17) is 0 Å². The number of likely N-dealkylation sites (tertiary alicyclic amines) is 1. The van der Waals surface area contributed by atoms with Crippen LogP contribution >= 0.6 is 0 Å². The standard InChI is InChI=1S/C23H34N2O2/c1-17-10-11-19(18(2)15-17)12-13-22(26)25-14-6-7-20(16-25)23(27)24-21-8-4-3-5-9-21/h10-11,15,20-21H,3-9,12-14,16H2,1-2H3,(H,24,27). The molecular weight excluding hydrogens is 336 g/mol. The smallest absolute Gasteiger partial charge is 0.225 e. The van der Waals surface area contributed by atoms with Crippen molar-refractivity contribution < 1.29 is 9.59 Å². The van der Waals surface area contributed by atoms with Crippen LogP contribution in [0.1, 0.15) is 68.1 Å². The number of carbonyl (C=O) groups is 2. The molecule has 1 N–H and O–H groups in total. The summed E-state index contributed by atoms with van der Waals surface area (Å²) in [5.74, 6) is 0.310. The molecule has 1 aliphatic carbocycles. The Bertz CT molecular complexity index is 664. The number of hydrogen-bond acceptors (Lipinski definition) is 2. The van der Waals surface area contributed by atoms with E-state index in [-0.39, 0.29) is 17.7 Å². The number of carbonyl (C=O) groups excluding carboxylic acids is 2. The summed E-state index contributed by atoms with van der Waals surface area (Å²) in [6, 6.07) is 6.77. The van der Waals surface area contributed by atoms with E-state index in [1.807, 2.05) is 4.90 Å².